The van der Waals surface area contributed by atoms with E-state index in [1.165, 1.54) is 0 Å². The Labute approximate surface area is 209 Å². The fraction of sp³-hybridized carbons (Fsp3) is 0.167. The third-order valence-electron chi connectivity index (χ3n) is 4.22. The summed E-state index contributed by atoms with van der Waals surface area (Å²) in [6.45, 7) is 3.22. The lowest BCUT2D eigenvalue weighted by Crippen LogP contribution is -2.17. The van der Waals surface area contributed by atoms with Crippen molar-refractivity contribution < 1.29 is 14.3 Å². The molecule has 0 unspecified atom stereocenters. The molecular formula is C24H22I2N2O3. The van der Waals surface area contributed by atoms with Crippen LogP contribution in [0.5, 0.6) is 11.5 Å². The molecule has 160 valence electrons. The van der Waals surface area contributed by atoms with Crippen molar-refractivity contribution in [3.05, 3.63) is 90.6 Å². The first kappa shape index (κ1) is 23.5. The van der Waals surface area contributed by atoms with Crippen LogP contribution < -0.4 is 14.9 Å². The third-order valence-corrected chi connectivity index (χ3v) is 5.82. The van der Waals surface area contributed by atoms with Gasteiger partial charge in [0.05, 0.1) is 20.0 Å². The number of amides is 1. The Morgan fingerprint density at radius 1 is 1.00 bits per heavy atom. The largest absolute Gasteiger partial charge is 0.494 e. The number of halogens is 2. The maximum absolute atomic E-state index is 12.3. The summed E-state index contributed by atoms with van der Waals surface area (Å²) in [4.78, 5) is 12.3. The van der Waals surface area contributed by atoms with Crippen LogP contribution in [-0.4, -0.2) is 18.7 Å². The van der Waals surface area contributed by atoms with Crippen molar-refractivity contribution in [1.82, 2.24) is 5.43 Å². The first-order chi connectivity index (χ1) is 15.1. The molecule has 0 heterocycles. The number of hydrogen-bond donors (Lipinski definition) is 1. The average Bonchev–Trinajstić information content (AvgIpc) is 2.78. The van der Waals surface area contributed by atoms with E-state index in [9.17, 15) is 4.79 Å². The van der Waals surface area contributed by atoms with E-state index in [0.717, 1.165) is 36.2 Å². The van der Waals surface area contributed by atoms with Gasteiger partial charge in [-0.25, -0.2) is 5.43 Å². The van der Waals surface area contributed by atoms with E-state index in [4.69, 9.17) is 9.47 Å². The lowest BCUT2D eigenvalue weighted by atomic mass is 10.2. The fourth-order valence-corrected chi connectivity index (χ4v) is 4.80. The molecule has 0 radical (unpaired) electrons. The van der Waals surface area contributed by atoms with Crippen LogP contribution in [0.25, 0.3) is 0 Å². The summed E-state index contributed by atoms with van der Waals surface area (Å²) in [7, 11) is 0. The summed E-state index contributed by atoms with van der Waals surface area (Å²) < 4.78 is 13.5. The van der Waals surface area contributed by atoms with Crippen molar-refractivity contribution in [1.29, 1.82) is 0 Å². The van der Waals surface area contributed by atoms with Gasteiger partial charge >= 0.3 is 0 Å². The lowest BCUT2D eigenvalue weighted by Gasteiger charge is -2.11. The Hall–Kier alpha value is -2.14. The lowest BCUT2D eigenvalue weighted by molar-refractivity contribution is 0.0955. The van der Waals surface area contributed by atoms with Crippen molar-refractivity contribution in [2.24, 2.45) is 5.10 Å². The summed E-state index contributed by atoms with van der Waals surface area (Å²) in [5.41, 5.74) is 5.08. The van der Waals surface area contributed by atoms with E-state index in [1.54, 1.807) is 30.5 Å². The third kappa shape index (κ3) is 7.20. The van der Waals surface area contributed by atoms with Crippen molar-refractivity contribution in [3.8, 4) is 11.5 Å². The number of carbonyl (C=O) groups is 1. The number of ether oxygens (including phenoxy) is 2. The van der Waals surface area contributed by atoms with Gasteiger partial charge in [0.2, 0.25) is 0 Å². The predicted octanol–water partition coefficient (Wildman–Crippen LogP) is 6.03. The molecule has 0 aliphatic carbocycles. The highest BCUT2D eigenvalue weighted by atomic mass is 127. The molecule has 0 saturated heterocycles. The minimum absolute atomic E-state index is 0.273. The quantitative estimate of drug-likeness (QED) is 0.177. The molecule has 0 aliphatic rings. The molecule has 0 fully saturated rings. The monoisotopic (exact) mass is 640 g/mol. The smallest absolute Gasteiger partial charge is 0.271 e. The Morgan fingerprint density at radius 2 is 1.68 bits per heavy atom. The first-order valence-corrected chi connectivity index (χ1v) is 11.9. The topological polar surface area (TPSA) is 59.9 Å². The number of benzene rings is 3. The van der Waals surface area contributed by atoms with Gasteiger partial charge in [0.15, 0.2) is 0 Å². The second kappa shape index (κ2) is 12.0. The molecule has 1 N–H and O–H groups in total. The normalized spacial score (nSPS) is 10.8. The predicted molar refractivity (Wildman–Crippen MR) is 140 cm³/mol. The number of nitrogens with zero attached hydrogens (tertiary/aromatic N) is 1. The number of hydrogen-bond acceptors (Lipinski definition) is 4. The van der Waals surface area contributed by atoms with Gasteiger partial charge in [-0.3, -0.25) is 4.79 Å². The Balaban J connectivity index is 1.58. The average molecular weight is 640 g/mol. The highest BCUT2D eigenvalue weighted by Gasteiger charge is 2.09. The molecular weight excluding hydrogens is 618 g/mol. The van der Waals surface area contributed by atoms with Crippen molar-refractivity contribution in [2.45, 2.75) is 20.0 Å². The summed E-state index contributed by atoms with van der Waals surface area (Å²) in [6.07, 6.45) is 2.57. The molecule has 0 atom stereocenters. The molecule has 1 amide bonds. The Morgan fingerprint density at radius 3 is 2.32 bits per heavy atom. The van der Waals surface area contributed by atoms with Crippen LogP contribution in [0.4, 0.5) is 0 Å². The van der Waals surface area contributed by atoms with Crippen LogP contribution in [0.2, 0.25) is 0 Å². The highest BCUT2D eigenvalue weighted by Crippen LogP contribution is 2.29. The SMILES string of the molecule is CCCOc1ccc(C(=O)N/N=C\c2cc(I)c(OCc3ccccc3)c(I)c2)cc1. The summed E-state index contributed by atoms with van der Waals surface area (Å²) in [5, 5.41) is 4.09. The van der Waals surface area contributed by atoms with E-state index in [0.29, 0.717) is 18.8 Å². The number of rotatable bonds is 9. The van der Waals surface area contributed by atoms with Gasteiger partial charge in [-0.1, -0.05) is 37.3 Å². The van der Waals surface area contributed by atoms with Gasteiger partial charge in [0.1, 0.15) is 18.1 Å². The van der Waals surface area contributed by atoms with Crippen LogP contribution >= 0.6 is 45.2 Å². The van der Waals surface area contributed by atoms with Gasteiger partial charge in [-0.2, -0.15) is 5.10 Å². The van der Waals surface area contributed by atoms with Gasteiger partial charge in [0.25, 0.3) is 5.91 Å². The van der Waals surface area contributed by atoms with E-state index in [2.05, 4.69) is 55.7 Å². The van der Waals surface area contributed by atoms with E-state index >= 15 is 0 Å². The number of carbonyl (C=O) groups excluding carboxylic acids is 1. The molecule has 3 rings (SSSR count). The molecule has 0 saturated carbocycles. The summed E-state index contributed by atoms with van der Waals surface area (Å²) in [6, 6.07) is 21.0. The van der Waals surface area contributed by atoms with Gasteiger partial charge < -0.3 is 9.47 Å². The number of nitrogens with one attached hydrogen (secondary N) is 1. The van der Waals surface area contributed by atoms with Crippen LogP contribution in [0.3, 0.4) is 0 Å². The summed E-state index contributed by atoms with van der Waals surface area (Å²) in [5.74, 6) is 1.32. The standard InChI is InChI=1S/C24H22I2N2O3/c1-2-12-30-20-10-8-19(9-11-20)24(29)28-27-15-18-13-21(25)23(22(26)14-18)31-16-17-6-4-3-5-7-17/h3-11,13-15H,2,12,16H2,1H3,(H,28,29)/b27-15-. The van der Waals surface area contributed by atoms with Crippen LogP contribution in [0, 0.1) is 7.14 Å². The maximum Gasteiger partial charge on any atom is 0.271 e. The zero-order valence-electron chi connectivity index (χ0n) is 17.0. The zero-order valence-corrected chi connectivity index (χ0v) is 21.3. The van der Waals surface area contributed by atoms with Crippen molar-refractivity contribution in [2.75, 3.05) is 6.61 Å². The van der Waals surface area contributed by atoms with Gasteiger partial charge in [-0.05, 0) is 99.1 Å². The van der Waals surface area contributed by atoms with Gasteiger partial charge in [0, 0.05) is 5.56 Å². The first-order valence-electron chi connectivity index (χ1n) is 9.79. The van der Waals surface area contributed by atoms with Gasteiger partial charge in [-0.15, -0.1) is 0 Å². The molecule has 3 aromatic rings. The second-order valence-electron chi connectivity index (χ2n) is 6.66. The van der Waals surface area contributed by atoms with E-state index < -0.39 is 0 Å². The maximum atomic E-state index is 12.3. The van der Waals surface area contributed by atoms with Crippen LogP contribution in [-0.2, 0) is 6.61 Å². The highest BCUT2D eigenvalue weighted by molar-refractivity contribution is 14.1. The number of hydrazone groups is 1. The van der Waals surface area contributed by atoms with E-state index in [-0.39, 0.29) is 5.91 Å². The minimum atomic E-state index is -0.273. The minimum Gasteiger partial charge on any atom is -0.494 e. The fourth-order valence-electron chi connectivity index (χ4n) is 2.67. The van der Waals surface area contributed by atoms with Crippen LogP contribution in [0.1, 0.15) is 34.8 Å². The molecule has 7 heteroatoms. The molecule has 0 bridgehead atoms. The van der Waals surface area contributed by atoms with E-state index in [1.807, 2.05) is 49.4 Å². The zero-order chi connectivity index (χ0) is 22.1. The second-order valence-corrected chi connectivity index (χ2v) is 8.98. The molecule has 5 nitrogen and oxygen atoms in total. The molecule has 0 aliphatic heterocycles. The molecule has 0 aromatic heterocycles. The van der Waals surface area contributed by atoms with Crippen LogP contribution in [0.15, 0.2) is 71.8 Å². The van der Waals surface area contributed by atoms with Crippen molar-refractivity contribution in [3.63, 3.8) is 0 Å². The molecule has 31 heavy (non-hydrogen) atoms. The Kier molecular flexibility index (Phi) is 9.13. The Bertz CT molecular complexity index is 1020. The molecule has 0 spiro atoms. The van der Waals surface area contributed by atoms with Crippen molar-refractivity contribution >= 4 is 57.3 Å². The summed E-state index contributed by atoms with van der Waals surface area (Å²) >= 11 is 4.50. The molecule has 3 aromatic carbocycles.